The lowest BCUT2D eigenvalue weighted by atomic mass is 9.88. The van der Waals surface area contributed by atoms with E-state index in [0.717, 1.165) is 43.9 Å². The minimum Gasteiger partial charge on any atom is -0.393 e. The number of nitrogens with two attached hydrogens (primary N) is 1. The Morgan fingerprint density at radius 1 is 1.33 bits per heavy atom. The number of ether oxygens (including phenoxy) is 1. The Balaban J connectivity index is 1.78. The van der Waals surface area contributed by atoms with E-state index in [2.05, 4.69) is 4.90 Å². The molecule has 2 N–H and O–H groups in total. The molecule has 3 atom stereocenters. The number of hydrogen-bond acceptors (Lipinski definition) is 3. The number of rotatable bonds is 8. The van der Waals surface area contributed by atoms with E-state index in [4.69, 9.17) is 22.7 Å². The number of thiocarbonyl (C=S) groups is 1. The van der Waals surface area contributed by atoms with Gasteiger partial charge in [-0.1, -0.05) is 18.6 Å². The summed E-state index contributed by atoms with van der Waals surface area (Å²) in [6.07, 6.45) is 6.70. The van der Waals surface area contributed by atoms with Gasteiger partial charge in [-0.15, -0.1) is 0 Å². The summed E-state index contributed by atoms with van der Waals surface area (Å²) >= 11 is 4.98. The molecule has 0 aromatic rings. The first-order valence-corrected chi connectivity index (χ1v) is 7.59. The summed E-state index contributed by atoms with van der Waals surface area (Å²) in [6, 6.07) is 0. The summed E-state index contributed by atoms with van der Waals surface area (Å²) in [7, 11) is 1.77. The van der Waals surface area contributed by atoms with Crippen LogP contribution >= 0.6 is 12.2 Å². The minimum absolute atomic E-state index is 0.630. The van der Waals surface area contributed by atoms with Crippen LogP contribution in [0.25, 0.3) is 0 Å². The number of hydrogen-bond donors (Lipinski definition) is 1. The van der Waals surface area contributed by atoms with Crippen LogP contribution in [-0.2, 0) is 4.74 Å². The van der Waals surface area contributed by atoms with Crippen molar-refractivity contribution in [3.63, 3.8) is 0 Å². The molecule has 4 heteroatoms. The van der Waals surface area contributed by atoms with Gasteiger partial charge in [-0.3, -0.25) is 0 Å². The Morgan fingerprint density at radius 3 is 2.72 bits per heavy atom. The van der Waals surface area contributed by atoms with E-state index in [-0.39, 0.29) is 0 Å². The number of methoxy groups -OCH3 is 1. The second kappa shape index (κ2) is 6.83. The van der Waals surface area contributed by atoms with E-state index in [0.29, 0.717) is 4.99 Å². The maximum atomic E-state index is 5.61. The van der Waals surface area contributed by atoms with Crippen molar-refractivity contribution >= 4 is 17.2 Å². The van der Waals surface area contributed by atoms with Crippen molar-refractivity contribution < 1.29 is 4.74 Å². The smallest absolute Gasteiger partial charge is 0.0740 e. The van der Waals surface area contributed by atoms with E-state index in [1.165, 1.54) is 32.2 Å². The third-order valence-corrected chi connectivity index (χ3v) is 4.87. The molecule has 3 unspecified atom stereocenters. The highest BCUT2D eigenvalue weighted by molar-refractivity contribution is 7.80. The van der Waals surface area contributed by atoms with Gasteiger partial charge in [0.25, 0.3) is 0 Å². The molecule has 18 heavy (non-hydrogen) atoms. The second-order valence-corrected chi connectivity index (χ2v) is 6.47. The van der Waals surface area contributed by atoms with E-state index >= 15 is 0 Å². The zero-order valence-electron chi connectivity index (χ0n) is 11.4. The minimum atomic E-state index is 0.630. The SMILES string of the molecule is COCCN(CCC(N)=S)CC1CC2CCC1C2. The fourth-order valence-electron chi connectivity index (χ4n) is 3.71. The van der Waals surface area contributed by atoms with Gasteiger partial charge in [0.15, 0.2) is 0 Å². The van der Waals surface area contributed by atoms with Gasteiger partial charge in [0, 0.05) is 33.2 Å². The summed E-state index contributed by atoms with van der Waals surface area (Å²) in [5.74, 6) is 2.93. The molecular formula is C14H26N2OS. The van der Waals surface area contributed by atoms with Crippen molar-refractivity contribution in [1.29, 1.82) is 0 Å². The van der Waals surface area contributed by atoms with Gasteiger partial charge in [-0.25, -0.2) is 0 Å². The lowest BCUT2D eigenvalue weighted by Gasteiger charge is -2.29. The average molecular weight is 270 g/mol. The van der Waals surface area contributed by atoms with Gasteiger partial charge in [0.2, 0.25) is 0 Å². The quantitative estimate of drug-likeness (QED) is 0.685. The largest absolute Gasteiger partial charge is 0.393 e. The third kappa shape index (κ3) is 3.90. The van der Waals surface area contributed by atoms with Gasteiger partial charge in [0.05, 0.1) is 11.6 Å². The molecule has 2 aliphatic rings. The van der Waals surface area contributed by atoms with Crippen LogP contribution in [0.4, 0.5) is 0 Å². The monoisotopic (exact) mass is 270 g/mol. The first-order valence-electron chi connectivity index (χ1n) is 7.18. The molecule has 0 heterocycles. The highest BCUT2D eigenvalue weighted by atomic mass is 32.1. The van der Waals surface area contributed by atoms with Crippen molar-refractivity contribution in [3.05, 3.63) is 0 Å². The first kappa shape index (κ1) is 14.2. The predicted octanol–water partition coefficient (Wildman–Crippen LogP) is 2.05. The first-order chi connectivity index (χ1) is 8.69. The van der Waals surface area contributed by atoms with Crippen molar-refractivity contribution in [2.75, 3.05) is 33.4 Å². The lowest BCUT2D eigenvalue weighted by Crippen LogP contribution is -2.36. The zero-order valence-corrected chi connectivity index (χ0v) is 12.3. The van der Waals surface area contributed by atoms with Crippen LogP contribution in [0.1, 0.15) is 32.1 Å². The van der Waals surface area contributed by atoms with Crippen molar-refractivity contribution in [3.8, 4) is 0 Å². The van der Waals surface area contributed by atoms with Crippen molar-refractivity contribution in [2.24, 2.45) is 23.5 Å². The van der Waals surface area contributed by atoms with Crippen LogP contribution in [0.5, 0.6) is 0 Å². The Labute approximate surface area is 116 Å². The molecule has 3 nitrogen and oxygen atoms in total. The van der Waals surface area contributed by atoms with Crippen LogP contribution in [-0.4, -0.2) is 43.2 Å². The summed E-state index contributed by atoms with van der Waals surface area (Å²) in [4.78, 5) is 3.12. The Hall–Kier alpha value is -0.190. The molecule has 2 aliphatic carbocycles. The molecular weight excluding hydrogens is 244 g/mol. The second-order valence-electron chi connectivity index (χ2n) is 5.94. The molecule has 104 valence electrons. The molecule has 2 rings (SSSR count). The summed E-state index contributed by atoms with van der Waals surface area (Å²) in [5, 5.41) is 0. The topological polar surface area (TPSA) is 38.5 Å². The van der Waals surface area contributed by atoms with Gasteiger partial charge in [-0.05, 0) is 37.0 Å². The molecule has 2 bridgehead atoms. The summed E-state index contributed by atoms with van der Waals surface area (Å²) < 4.78 is 5.20. The fraction of sp³-hybridized carbons (Fsp3) is 0.929. The summed E-state index contributed by atoms with van der Waals surface area (Å²) in [5.41, 5.74) is 5.61. The predicted molar refractivity (Wildman–Crippen MR) is 78.7 cm³/mol. The molecule has 0 saturated heterocycles. The molecule has 0 aromatic carbocycles. The lowest BCUT2D eigenvalue weighted by molar-refractivity contribution is 0.127. The molecule has 2 saturated carbocycles. The maximum Gasteiger partial charge on any atom is 0.0740 e. The van der Waals surface area contributed by atoms with Crippen molar-refractivity contribution in [2.45, 2.75) is 32.1 Å². The van der Waals surface area contributed by atoms with Crippen molar-refractivity contribution in [1.82, 2.24) is 4.90 Å². The van der Waals surface area contributed by atoms with Crippen LogP contribution in [0, 0.1) is 17.8 Å². The molecule has 0 spiro atoms. The Morgan fingerprint density at radius 2 is 2.17 bits per heavy atom. The Bertz CT molecular complexity index is 285. The number of fused-ring (bicyclic) bond motifs is 2. The van der Waals surface area contributed by atoms with E-state index in [9.17, 15) is 0 Å². The molecule has 0 aromatic heterocycles. The van der Waals surface area contributed by atoms with Crippen LogP contribution < -0.4 is 5.73 Å². The van der Waals surface area contributed by atoms with Gasteiger partial charge < -0.3 is 15.4 Å². The normalized spacial score (nSPS) is 30.2. The fourth-order valence-corrected chi connectivity index (χ4v) is 3.81. The highest BCUT2D eigenvalue weighted by Gasteiger charge is 2.39. The molecule has 2 fully saturated rings. The Kier molecular flexibility index (Phi) is 5.39. The van der Waals surface area contributed by atoms with Gasteiger partial charge in [0.1, 0.15) is 0 Å². The van der Waals surface area contributed by atoms with Crippen LogP contribution in [0.15, 0.2) is 0 Å². The summed E-state index contributed by atoms with van der Waals surface area (Å²) in [6.45, 7) is 4.02. The molecule has 0 aliphatic heterocycles. The maximum absolute atomic E-state index is 5.61. The van der Waals surface area contributed by atoms with E-state index < -0.39 is 0 Å². The van der Waals surface area contributed by atoms with Gasteiger partial charge in [-0.2, -0.15) is 0 Å². The highest BCUT2D eigenvalue weighted by Crippen LogP contribution is 2.48. The van der Waals surface area contributed by atoms with Gasteiger partial charge >= 0.3 is 0 Å². The zero-order chi connectivity index (χ0) is 13.0. The average Bonchev–Trinajstić information content (AvgIpc) is 2.94. The standard InChI is InChI=1S/C14H26N2OS/c1-17-7-6-16(5-4-14(15)18)10-13-9-11-2-3-12(13)8-11/h11-13H,2-10H2,1H3,(H2,15,18). The molecule has 0 amide bonds. The van der Waals surface area contributed by atoms with Crippen LogP contribution in [0.3, 0.4) is 0 Å². The molecule has 0 radical (unpaired) electrons. The van der Waals surface area contributed by atoms with E-state index in [1.54, 1.807) is 7.11 Å². The van der Waals surface area contributed by atoms with E-state index in [1.807, 2.05) is 0 Å². The third-order valence-electron chi connectivity index (χ3n) is 4.66. The number of nitrogens with zero attached hydrogens (tertiary/aromatic N) is 1. The van der Waals surface area contributed by atoms with Crippen LogP contribution in [0.2, 0.25) is 0 Å².